The summed E-state index contributed by atoms with van der Waals surface area (Å²) >= 11 is 1.47. The number of aryl methyl sites for hydroxylation is 1. The molecular weight excluding hydrogens is 196 g/mol. The number of rotatable bonds is 2. The predicted octanol–water partition coefficient (Wildman–Crippen LogP) is 1.93. The molecule has 0 aliphatic carbocycles. The molecule has 0 bridgehead atoms. The number of nitrogens with zero attached hydrogens (tertiary/aromatic N) is 2. The Labute approximate surface area is 86.1 Å². The van der Waals surface area contributed by atoms with Crippen molar-refractivity contribution in [3.63, 3.8) is 0 Å². The minimum atomic E-state index is -0.658. The van der Waals surface area contributed by atoms with E-state index >= 15 is 0 Å². The van der Waals surface area contributed by atoms with Gasteiger partial charge in [0.25, 0.3) is 0 Å². The van der Waals surface area contributed by atoms with Gasteiger partial charge in [0.1, 0.15) is 6.10 Å². The fraction of sp³-hybridized carbons (Fsp3) is 0.200. The number of aliphatic hydroxyl groups is 1. The van der Waals surface area contributed by atoms with Crippen LogP contribution >= 0.6 is 11.3 Å². The fourth-order valence-corrected chi connectivity index (χ4v) is 1.74. The number of hydrogen-bond donors (Lipinski definition) is 1. The summed E-state index contributed by atoms with van der Waals surface area (Å²) in [5.74, 6) is 0. The molecule has 1 N–H and O–H groups in total. The van der Waals surface area contributed by atoms with Crippen molar-refractivity contribution in [2.24, 2.45) is 0 Å². The molecule has 0 aromatic carbocycles. The maximum atomic E-state index is 9.88. The van der Waals surface area contributed by atoms with Gasteiger partial charge in [0, 0.05) is 22.8 Å². The van der Waals surface area contributed by atoms with Crippen LogP contribution in [0.15, 0.2) is 29.2 Å². The fourth-order valence-electron chi connectivity index (χ4n) is 1.17. The van der Waals surface area contributed by atoms with E-state index in [0.717, 1.165) is 11.3 Å². The van der Waals surface area contributed by atoms with Gasteiger partial charge in [-0.15, -0.1) is 11.3 Å². The Morgan fingerprint density at radius 1 is 1.36 bits per heavy atom. The van der Waals surface area contributed by atoms with Gasteiger partial charge in [-0.3, -0.25) is 4.98 Å². The highest BCUT2D eigenvalue weighted by Gasteiger charge is 2.11. The van der Waals surface area contributed by atoms with E-state index in [1.165, 1.54) is 11.3 Å². The molecule has 0 aliphatic rings. The standard InChI is InChI=1S/C10H10N2OS/c1-7-2-3-8(4-11-7)10(13)9-5-14-6-12-9/h2-6,10,13H,1H3. The van der Waals surface area contributed by atoms with Crippen LogP contribution in [0.5, 0.6) is 0 Å². The molecule has 0 aliphatic heterocycles. The molecule has 72 valence electrons. The van der Waals surface area contributed by atoms with Gasteiger partial charge in [0.2, 0.25) is 0 Å². The molecule has 14 heavy (non-hydrogen) atoms. The summed E-state index contributed by atoms with van der Waals surface area (Å²) in [6.07, 6.45) is 1.02. The van der Waals surface area contributed by atoms with Gasteiger partial charge in [-0.1, -0.05) is 6.07 Å². The van der Waals surface area contributed by atoms with Crippen LogP contribution in [0.3, 0.4) is 0 Å². The lowest BCUT2D eigenvalue weighted by molar-refractivity contribution is 0.215. The van der Waals surface area contributed by atoms with Gasteiger partial charge in [-0.25, -0.2) is 4.98 Å². The molecule has 0 saturated carbocycles. The van der Waals surface area contributed by atoms with Crippen LogP contribution in [0.2, 0.25) is 0 Å². The average molecular weight is 206 g/mol. The van der Waals surface area contributed by atoms with Gasteiger partial charge in [-0.05, 0) is 13.0 Å². The Kier molecular flexibility index (Phi) is 2.56. The van der Waals surface area contributed by atoms with E-state index in [9.17, 15) is 5.11 Å². The Bertz CT molecular complexity index is 397. The Balaban J connectivity index is 2.28. The van der Waals surface area contributed by atoms with E-state index in [-0.39, 0.29) is 0 Å². The molecule has 1 atom stereocenters. The van der Waals surface area contributed by atoms with Gasteiger partial charge in [0.15, 0.2) is 0 Å². The molecule has 0 fully saturated rings. The zero-order chi connectivity index (χ0) is 9.97. The van der Waals surface area contributed by atoms with E-state index in [1.54, 1.807) is 11.7 Å². The summed E-state index contributed by atoms with van der Waals surface area (Å²) < 4.78 is 0. The van der Waals surface area contributed by atoms with E-state index in [4.69, 9.17) is 0 Å². The molecule has 4 heteroatoms. The Morgan fingerprint density at radius 2 is 2.21 bits per heavy atom. The van der Waals surface area contributed by atoms with Crippen LogP contribution in [0, 0.1) is 6.92 Å². The van der Waals surface area contributed by atoms with E-state index in [2.05, 4.69) is 9.97 Å². The molecule has 3 nitrogen and oxygen atoms in total. The molecule has 2 rings (SSSR count). The Hall–Kier alpha value is -1.26. The first-order chi connectivity index (χ1) is 6.77. The van der Waals surface area contributed by atoms with Crippen molar-refractivity contribution in [2.75, 3.05) is 0 Å². The largest absolute Gasteiger partial charge is 0.382 e. The smallest absolute Gasteiger partial charge is 0.123 e. The first-order valence-corrected chi connectivity index (χ1v) is 5.20. The molecule has 0 spiro atoms. The van der Waals surface area contributed by atoms with Gasteiger partial charge < -0.3 is 5.11 Å². The Morgan fingerprint density at radius 3 is 2.79 bits per heavy atom. The van der Waals surface area contributed by atoms with Crippen LogP contribution in [-0.2, 0) is 0 Å². The lowest BCUT2D eigenvalue weighted by Gasteiger charge is -2.07. The lowest BCUT2D eigenvalue weighted by Crippen LogP contribution is -2.00. The highest BCUT2D eigenvalue weighted by Crippen LogP contribution is 2.20. The van der Waals surface area contributed by atoms with Gasteiger partial charge >= 0.3 is 0 Å². The molecule has 2 aromatic rings. The number of aliphatic hydroxyl groups excluding tert-OH is 1. The van der Waals surface area contributed by atoms with Crippen molar-refractivity contribution >= 4 is 11.3 Å². The quantitative estimate of drug-likeness (QED) is 0.816. The second kappa shape index (κ2) is 3.86. The van der Waals surface area contributed by atoms with Crippen molar-refractivity contribution < 1.29 is 5.11 Å². The van der Waals surface area contributed by atoms with E-state index < -0.39 is 6.10 Å². The molecule has 0 amide bonds. The number of thiazole rings is 1. The highest BCUT2D eigenvalue weighted by molar-refractivity contribution is 7.07. The van der Waals surface area contributed by atoms with E-state index in [1.807, 2.05) is 24.4 Å². The van der Waals surface area contributed by atoms with Crippen LogP contribution in [0.1, 0.15) is 23.1 Å². The highest BCUT2D eigenvalue weighted by atomic mass is 32.1. The SMILES string of the molecule is Cc1ccc(C(O)c2cscn2)cn1. The zero-order valence-electron chi connectivity index (χ0n) is 7.71. The summed E-state index contributed by atoms with van der Waals surface area (Å²) in [4.78, 5) is 8.18. The molecular formula is C10H10N2OS. The summed E-state index contributed by atoms with van der Waals surface area (Å²) in [7, 11) is 0. The van der Waals surface area contributed by atoms with Gasteiger partial charge in [0.05, 0.1) is 11.2 Å². The van der Waals surface area contributed by atoms with Crippen molar-refractivity contribution in [3.05, 3.63) is 46.2 Å². The maximum absolute atomic E-state index is 9.88. The number of aromatic nitrogens is 2. The van der Waals surface area contributed by atoms with Crippen molar-refractivity contribution in [1.82, 2.24) is 9.97 Å². The second-order valence-electron chi connectivity index (χ2n) is 3.05. The second-order valence-corrected chi connectivity index (χ2v) is 3.77. The zero-order valence-corrected chi connectivity index (χ0v) is 8.53. The van der Waals surface area contributed by atoms with Crippen LogP contribution in [0.25, 0.3) is 0 Å². The third-order valence-electron chi connectivity index (χ3n) is 1.98. The first kappa shape index (κ1) is 9.30. The number of hydrogen-bond acceptors (Lipinski definition) is 4. The van der Waals surface area contributed by atoms with Crippen LogP contribution < -0.4 is 0 Å². The topological polar surface area (TPSA) is 46.0 Å². The summed E-state index contributed by atoms with van der Waals surface area (Å²) in [6.45, 7) is 1.92. The maximum Gasteiger partial charge on any atom is 0.123 e. The molecule has 2 aromatic heterocycles. The van der Waals surface area contributed by atoms with E-state index in [0.29, 0.717) is 5.69 Å². The van der Waals surface area contributed by atoms with Crippen molar-refractivity contribution in [2.45, 2.75) is 13.0 Å². The van der Waals surface area contributed by atoms with Gasteiger partial charge in [-0.2, -0.15) is 0 Å². The average Bonchev–Trinajstić information content (AvgIpc) is 2.71. The summed E-state index contributed by atoms with van der Waals surface area (Å²) in [5.41, 5.74) is 4.11. The van der Waals surface area contributed by atoms with Crippen molar-refractivity contribution in [3.8, 4) is 0 Å². The number of pyridine rings is 1. The predicted molar refractivity (Wildman–Crippen MR) is 55.1 cm³/mol. The van der Waals surface area contributed by atoms with Crippen LogP contribution in [0.4, 0.5) is 0 Å². The molecule has 0 saturated heterocycles. The monoisotopic (exact) mass is 206 g/mol. The molecule has 2 heterocycles. The lowest BCUT2D eigenvalue weighted by atomic mass is 10.1. The molecule has 0 radical (unpaired) electrons. The van der Waals surface area contributed by atoms with Crippen LogP contribution in [-0.4, -0.2) is 15.1 Å². The third kappa shape index (κ3) is 1.81. The summed E-state index contributed by atoms with van der Waals surface area (Å²) in [6, 6.07) is 3.75. The summed E-state index contributed by atoms with van der Waals surface area (Å²) in [5, 5.41) is 11.7. The first-order valence-electron chi connectivity index (χ1n) is 4.26. The molecule has 1 unspecified atom stereocenters. The minimum Gasteiger partial charge on any atom is -0.382 e. The van der Waals surface area contributed by atoms with Crippen molar-refractivity contribution in [1.29, 1.82) is 0 Å². The normalized spacial score (nSPS) is 12.7. The minimum absolute atomic E-state index is 0.658. The third-order valence-corrected chi connectivity index (χ3v) is 2.59.